The number of halogens is 3. The van der Waals surface area contributed by atoms with Crippen molar-refractivity contribution in [2.45, 2.75) is 25.7 Å². The van der Waals surface area contributed by atoms with Crippen LogP contribution in [0.3, 0.4) is 0 Å². The summed E-state index contributed by atoms with van der Waals surface area (Å²) in [6.45, 7) is 1.14. The van der Waals surface area contributed by atoms with Crippen molar-refractivity contribution in [3.05, 3.63) is 0 Å². The lowest BCUT2D eigenvalue weighted by Crippen LogP contribution is -2.33. The van der Waals surface area contributed by atoms with Crippen LogP contribution >= 0.6 is 11.6 Å². The van der Waals surface area contributed by atoms with Gasteiger partial charge in [-0.1, -0.05) is 0 Å². The van der Waals surface area contributed by atoms with Crippen molar-refractivity contribution < 1.29 is 13.5 Å². The molecule has 1 rings (SSSR count). The van der Waals surface area contributed by atoms with Crippen molar-refractivity contribution in [3.8, 4) is 0 Å². The van der Waals surface area contributed by atoms with Gasteiger partial charge in [0.25, 0.3) is 0 Å². The van der Waals surface area contributed by atoms with E-state index in [9.17, 15) is 8.78 Å². The zero-order chi connectivity index (χ0) is 9.03. The molecule has 0 bridgehead atoms. The van der Waals surface area contributed by atoms with Gasteiger partial charge in [0.05, 0.1) is 0 Å². The van der Waals surface area contributed by atoms with E-state index in [0.29, 0.717) is 31.9 Å². The molecule has 1 heterocycles. The van der Waals surface area contributed by atoms with Crippen LogP contribution < -0.4 is 0 Å². The van der Waals surface area contributed by atoms with E-state index < -0.39 is 6.43 Å². The molecular formula is C8H13ClF2O. The minimum Gasteiger partial charge on any atom is -0.381 e. The summed E-state index contributed by atoms with van der Waals surface area (Å²) in [4.78, 5) is 0. The molecule has 1 aliphatic rings. The SMILES string of the molecule is FC(F)CC1(CCl)CCOCC1. The quantitative estimate of drug-likeness (QED) is 0.634. The van der Waals surface area contributed by atoms with Gasteiger partial charge in [-0.3, -0.25) is 0 Å². The van der Waals surface area contributed by atoms with E-state index in [-0.39, 0.29) is 11.8 Å². The number of alkyl halides is 3. The van der Waals surface area contributed by atoms with Gasteiger partial charge in [-0.05, 0) is 18.3 Å². The van der Waals surface area contributed by atoms with Gasteiger partial charge in [0.2, 0.25) is 6.43 Å². The van der Waals surface area contributed by atoms with Crippen molar-refractivity contribution in [2.24, 2.45) is 5.41 Å². The Labute approximate surface area is 76.0 Å². The molecule has 0 aromatic heterocycles. The Morgan fingerprint density at radius 2 is 1.92 bits per heavy atom. The summed E-state index contributed by atoms with van der Waals surface area (Å²) in [6.07, 6.45) is -0.997. The smallest absolute Gasteiger partial charge is 0.239 e. The normalized spacial score (nSPS) is 23.0. The minimum absolute atomic E-state index is 0.0835. The molecule has 12 heavy (non-hydrogen) atoms. The van der Waals surface area contributed by atoms with E-state index in [0.717, 1.165) is 0 Å². The average molecular weight is 199 g/mol. The van der Waals surface area contributed by atoms with Crippen LogP contribution in [0.15, 0.2) is 0 Å². The highest BCUT2D eigenvalue weighted by Crippen LogP contribution is 2.37. The summed E-state index contributed by atoms with van der Waals surface area (Å²) in [5.41, 5.74) is -0.367. The van der Waals surface area contributed by atoms with Crippen LogP contribution in [-0.2, 0) is 4.74 Å². The van der Waals surface area contributed by atoms with Gasteiger partial charge in [-0.15, -0.1) is 11.6 Å². The van der Waals surface area contributed by atoms with Crippen LogP contribution in [0, 0.1) is 5.41 Å². The summed E-state index contributed by atoms with van der Waals surface area (Å²) in [7, 11) is 0. The first-order valence-electron chi connectivity index (χ1n) is 4.10. The van der Waals surface area contributed by atoms with Crippen molar-refractivity contribution in [1.82, 2.24) is 0 Å². The molecule has 1 fully saturated rings. The predicted molar refractivity (Wildman–Crippen MR) is 43.8 cm³/mol. The van der Waals surface area contributed by atoms with Gasteiger partial charge in [0.1, 0.15) is 0 Å². The molecule has 0 atom stereocenters. The maximum atomic E-state index is 12.2. The van der Waals surface area contributed by atoms with Gasteiger partial charge in [0, 0.05) is 25.5 Å². The third kappa shape index (κ3) is 2.56. The molecule has 1 saturated heterocycles. The average Bonchev–Trinajstić information content (AvgIpc) is 2.05. The van der Waals surface area contributed by atoms with E-state index in [2.05, 4.69) is 0 Å². The molecule has 0 unspecified atom stereocenters. The van der Waals surface area contributed by atoms with Crippen LogP contribution in [-0.4, -0.2) is 25.5 Å². The summed E-state index contributed by atoms with van der Waals surface area (Å²) in [6, 6.07) is 0. The molecule has 0 spiro atoms. The molecule has 0 saturated carbocycles. The van der Waals surface area contributed by atoms with Gasteiger partial charge in [-0.25, -0.2) is 8.78 Å². The summed E-state index contributed by atoms with van der Waals surface area (Å²) < 4.78 is 29.4. The second kappa shape index (κ2) is 4.38. The van der Waals surface area contributed by atoms with Gasteiger partial charge in [-0.2, -0.15) is 0 Å². The monoisotopic (exact) mass is 198 g/mol. The molecule has 0 N–H and O–H groups in total. The summed E-state index contributed by atoms with van der Waals surface area (Å²) in [5, 5.41) is 0. The predicted octanol–water partition coefficient (Wildman–Crippen LogP) is 2.68. The Balaban J connectivity index is 2.48. The maximum Gasteiger partial charge on any atom is 0.239 e. The highest BCUT2D eigenvalue weighted by Gasteiger charge is 2.34. The number of ether oxygens (including phenoxy) is 1. The van der Waals surface area contributed by atoms with E-state index in [1.54, 1.807) is 0 Å². The molecule has 0 amide bonds. The van der Waals surface area contributed by atoms with Crippen LogP contribution in [0.25, 0.3) is 0 Å². The van der Waals surface area contributed by atoms with Crippen LogP contribution in [0.4, 0.5) is 8.78 Å². The van der Waals surface area contributed by atoms with E-state index >= 15 is 0 Å². The molecular weight excluding hydrogens is 186 g/mol. The van der Waals surface area contributed by atoms with Crippen LogP contribution in [0.2, 0.25) is 0 Å². The van der Waals surface area contributed by atoms with Crippen molar-refractivity contribution in [3.63, 3.8) is 0 Å². The lowest BCUT2D eigenvalue weighted by molar-refractivity contribution is -0.0100. The Morgan fingerprint density at radius 3 is 2.33 bits per heavy atom. The molecule has 1 nitrogen and oxygen atoms in total. The van der Waals surface area contributed by atoms with Crippen molar-refractivity contribution in [2.75, 3.05) is 19.1 Å². The second-order valence-corrected chi connectivity index (χ2v) is 3.61. The number of rotatable bonds is 3. The third-order valence-corrected chi connectivity index (χ3v) is 2.99. The molecule has 72 valence electrons. The van der Waals surface area contributed by atoms with Crippen LogP contribution in [0.1, 0.15) is 19.3 Å². The summed E-state index contributed by atoms with van der Waals surface area (Å²) in [5.74, 6) is 0.320. The Morgan fingerprint density at radius 1 is 1.33 bits per heavy atom. The lowest BCUT2D eigenvalue weighted by Gasteiger charge is -2.35. The Hall–Kier alpha value is 0.110. The Bertz CT molecular complexity index is 135. The second-order valence-electron chi connectivity index (χ2n) is 3.34. The summed E-state index contributed by atoms with van der Waals surface area (Å²) >= 11 is 5.69. The van der Waals surface area contributed by atoms with Crippen molar-refractivity contribution in [1.29, 1.82) is 0 Å². The fourth-order valence-corrected chi connectivity index (χ4v) is 1.90. The molecule has 0 aromatic carbocycles. The Kier molecular flexibility index (Phi) is 3.72. The van der Waals surface area contributed by atoms with E-state index in [1.807, 2.05) is 0 Å². The highest BCUT2D eigenvalue weighted by molar-refractivity contribution is 6.18. The number of hydrogen-bond donors (Lipinski definition) is 0. The van der Waals surface area contributed by atoms with Crippen LogP contribution in [0.5, 0.6) is 0 Å². The van der Waals surface area contributed by atoms with Crippen molar-refractivity contribution >= 4 is 11.6 Å². The fraction of sp³-hybridized carbons (Fsp3) is 1.00. The zero-order valence-electron chi connectivity index (χ0n) is 6.86. The third-order valence-electron chi connectivity index (χ3n) is 2.42. The first kappa shape index (κ1) is 10.2. The maximum absolute atomic E-state index is 12.2. The van der Waals surface area contributed by atoms with E-state index in [1.165, 1.54) is 0 Å². The molecule has 0 aliphatic carbocycles. The lowest BCUT2D eigenvalue weighted by atomic mass is 9.79. The number of hydrogen-bond acceptors (Lipinski definition) is 1. The highest BCUT2D eigenvalue weighted by atomic mass is 35.5. The molecule has 0 aromatic rings. The first-order chi connectivity index (χ1) is 5.68. The molecule has 1 aliphatic heterocycles. The standard InChI is InChI=1S/C8H13ClF2O/c9-6-8(5-7(10)11)1-3-12-4-2-8/h7H,1-6H2. The largest absolute Gasteiger partial charge is 0.381 e. The first-order valence-corrected chi connectivity index (χ1v) is 4.64. The molecule has 4 heteroatoms. The van der Waals surface area contributed by atoms with E-state index in [4.69, 9.17) is 16.3 Å². The van der Waals surface area contributed by atoms with Gasteiger partial charge < -0.3 is 4.74 Å². The fourth-order valence-electron chi connectivity index (χ4n) is 1.52. The van der Waals surface area contributed by atoms with Gasteiger partial charge >= 0.3 is 0 Å². The zero-order valence-corrected chi connectivity index (χ0v) is 7.62. The molecule has 0 radical (unpaired) electrons. The topological polar surface area (TPSA) is 9.23 Å². The van der Waals surface area contributed by atoms with Gasteiger partial charge in [0.15, 0.2) is 0 Å². The minimum atomic E-state index is -2.25.